The van der Waals surface area contributed by atoms with E-state index >= 15 is 0 Å². The number of hydrogen-bond acceptors (Lipinski definition) is 0. The molecule has 0 saturated carbocycles. The summed E-state index contributed by atoms with van der Waals surface area (Å²) < 4.78 is 1.08. The van der Waals surface area contributed by atoms with Crippen LogP contribution in [0.25, 0.3) is 0 Å². The van der Waals surface area contributed by atoms with Crippen LogP contribution in [-0.4, -0.2) is 11.0 Å². The van der Waals surface area contributed by atoms with Gasteiger partial charge in [-0.1, -0.05) is 161 Å². The van der Waals surface area contributed by atoms with E-state index in [9.17, 15) is 0 Å². The average molecular weight is 539 g/mol. The van der Waals surface area contributed by atoms with Crippen molar-refractivity contribution in [2.24, 2.45) is 0 Å². The molecule has 3 aromatic rings. The van der Waals surface area contributed by atoms with Gasteiger partial charge in [0.2, 0.25) is 0 Å². The summed E-state index contributed by atoms with van der Waals surface area (Å²) >= 11 is 0. The molecule has 0 aromatic heterocycles. The molecule has 0 saturated heterocycles. The number of unbranched alkanes of at least 4 members (excludes halogenated alkanes) is 12. The van der Waals surface area contributed by atoms with Gasteiger partial charge in [-0.25, -0.2) is 0 Å². The first-order valence-corrected chi connectivity index (χ1v) is 16.4. The quantitative estimate of drug-likeness (QED) is 0.0678. The molecular weight excluding hydrogens is 482 g/mol. The molecule has 0 aliphatic heterocycles. The predicted molar refractivity (Wildman–Crippen MR) is 175 cm³/mol. The summed E-state index contributed by atoms with van der Waals surface area (Å²) in [6, 6.07) is 33.4. The van der Waals surface area contributed by atoms with E-state index in [0.717, 1.165) is 24.1 Å². The van der Waals surface area contributed by atoms with E-state index in [4.69, 9.17) is 0 Å². The summed E-state index contributed by atoms with van der Waals surface area (Å²) in [5.74, 6) is 0. The molecule has 40 heavy (non-hydrogen) atoms. The Morgan fingerprint density at radius 3 is 1.18 bits per heavy atom. The molecule has 0 spiro atoms. The Morgan fingerprint density at radius 2 is 0.775 bits per heavy atom. The molecule has 0 atom stereocenters. The maximum Gasteiger partial charge on any atom is 0.105 e. The van der Waals surface area contributed by atoms with Crippen molar-refractivity contribution in [3.63, 3.8) is 0 Å². The van der Waals surface area contributed by atoms with Crippen LogP contribution in [0.15, 0.2) is 103 Å². The Labute approximate surface area is 246 Å². The van der Waals surface area contributed by atoms with Gasteiger partial charge in [0.1, 0.15) is 19.6 Å². The van der Waals surface area contributed by atoms with Gasteiger partial charge in [-0.05, 0) is 38.5 Å². The van der Waals surface area contributed by atoms with E-state index in [2.05, 4.69) is 110 Å². The Morgan fingerprint density at radius 1 is 0.425 bits per heavy atom. The van der Waals surface area contributed by atoms with Crippen molar-refractivity contribution in [3.8, 4) is 0 Å². The highest BCUT2D eigenvalue weighted by Gasteiger charge is 2.28. The summed E-state index contributed by atoms with van der Waals surface area (Å²) in [5.41, 5.74) is 4.33. The van der Waals surface area contributed by atoms with Crippen LogP contribution in [0.5, 0.6) is 0 Å². The monoisotopic (exact) mass is 538 g/mol. The Kier molecular flexibility index (Phi) is 16.2. The van der Waals surface area contributed by atoms with E-state index in [0.29, 0.717) is 0 Å². The molecule has 0 bridgehead atoms. The number of rotatable bonds is 22. The second-order valence-corrected chi connectivity index (χ2v) is 11.9. The molecule has 0 aliphatic rings. The molecule has 3 rings (SSSR count). The molecule has 0 heterocycles. The molecule has 0 amide bonds. The van der Waals surface area contributed by atoms with E-state index in [1.165, 1.54) is 113 Å². The van der Waals surface area contributed by atoms with Crippen LogP contribution >= 0.6 is 0 Å². The smallest absolute Gasteiger partial charge is 0.105 e. The van der Waals surface area contributed by atoms with Crippen LogP contribution in [0, 0.1) is 0 Å². The van der Waals surface area contributed by atoms with E-state index in [-0.39, 0.29) is 0 Å². The molecule has 1 heteroatoms. The summed E-state index contributed by atoms with van der Waals surface area (Å²) in [6.45, 7) is 6.75. The molecule has 0 aliphatic carbocycles. The van der Waals surface area contributed by atoms with Crippen molar-refractivity contribution in [2.75, 3.05) is 6.54 Å². The predicted octanol–water partition coefficient (Wildman–Crippen LogP) is 11.4. The van der Waals surface area contributed by atoms with Gasteiger partial charge >= 0.3 is 0 Å². The fraction of sp³-hybridized carbons (Fsp3) is 0.487. The first-order chi connectivity index (χ1) is 19.8. The zero-order valence-electron chi connectivity index (χ0n) is 25.5. The fourth-order valence-electron chi connectivity index (χ4n) is 6.01. The van der Waals surface area contributed by atoms with Crippen molar-refractivity contribution in [1.29, 1.82) is 0 Å². The van der Waals surface area contributed by atoms with Gasteiger partial charge in [-0.2, -0.15) is 0 Å². The molecule has 0 N–H and O–H groups in total. The summed E-state index contributed by atoms with van der Waals surface area (Å²) in [6.07, 6.45) is 23.9. The molecular formula is C39H56N+. The van der Waals surface area contributed by atoms with E-state index in [1.807, 2.05) is 0 Å². The summed E-state index contributed by atoms with van der Waals surface area (Å²) in [4.78, 5) is 0. The second-order valence-electron chi connectivity index (χ2n) is 11.9. The van der Waals surface area contributed by atoms with Crippen molar-refractivity contribution in [2.45, 2.75) is 116 Å². The van der Waals surface area contributed by atoms with Crippen LogP contribution in [0.2, 0.25) is 0 Å². The Balaban J connectivity index is 1.45. The molecule has 0 fully saturated rings. The van der Waals surface area contributed by atoms with Gasteiger partial charge in [0, 0.05) is 16.7 Å². The normalized spacial score (nSPS) is 11.8. The van der Waals surface area contributed by atoms with Crippen molar-refractivity contribution < 1.29 is 4.48 Å². The van der Waals surface area contributed by atoms with E-state index in [1.54, 1.807) is 0 Å². The van der Waals surface area contributed by atoms with Gasteiger partial charge in [-0.15, -0.1) is 0 Å². The maximum atomic E-state index is 2.44. The molecule has 0 radical (unpaired) electrons. The maximum absolute atomic E-state index is 2.44. The first-order valence-electron chi connectivity index (χ1n) is 16.4. The lowest BCUT2D eigenvalue weighted by Crippen LogP contribution is -2.46. The number of benzene rings is 3. The zero-order valence-corrected chi connectivity index (χ0v) is 25.5. The lowest BCUT2D eigenvalue weighted by atomic mass is 10.0. The van der Waals surface area contributed by atoms with Gasteiger partial charge in [-0.3, -0.25) is 0 Å². The number of quaternary nitrogens is 1. The van der Waals surface area contributed by atoms with Gasteiger partial charge in [0.25, 0.3) is 0 Å². The lowest BCUT2D eigenvalue weighted by molar-refractivity contribution is -0.966. The number of allylic oxidation sites excluding steroid dienone is 2. The highest BCUT2D eigenvalue weighted by Crippen LogP contribution is 2.26. The molecule has 0 unspecified atom stereocenters. The number of hydrogen-bond donors (Lipinski definition) is 0. The first kappa shape index (κ1) is 31.9. The minimum Gasteiger partial charge on any atom is -0.312 e. The van der Waals surface area contributed by atoms with Crippen LogP contribution in [0.3, 0.4) is 0 Å². The van der Waals surface area contributed by atoms with Gasteiger partial charge in [0.15, 0.2) is 0 Å². The van der Waals surface area contributed by atoms with Crippen LogP contribution in [0.1, 0.15) is 114 Å². The highest BCUT2D eigenvalue weighted by molar-refractivity contribution is 5.17. The third kappa shape index (κ3) is 13.6. The standard InChI is InChI=1S/C39H56N/c1-2-3-4-5-6-7-8-9-10-11-12-13-14-15-16-26-33-40(34-37-27-20-17-21-28-37,35-38-29-22-18-23-30-38)36-39-31-24-19-25-32-39/h9-10,17-25,27-32H,2-8,11-16,26,33-36H2,1H3/q+1/b10-9+. The molecule has 216 valence electrons. The van der Waals surface area contributed by atoms with Crippen LogP contribution in [-0.2, 0) is 19.6 Å². The number of nitrogens with zero attached hydrogens (tertiary/aromatic N) is 1. The average Bonchev–Trinajstić information content (AvgIpc) is 2.98. The third-order valence-electron chi connectivity index (χ3n) is 8.23. The van der Waals surface area contributed by atoms with Crippen LogP contribution in [0.4, 0.5) is 0 Å². The van der Waals surface area contributed by atoms with Gasteiger partial charge < -0.3 is 4.48 Å². The Hall–Kier alpha value is -2.64. The minimum absolute atomic E-state index is 1.08. The molecule has 1 nitrogen and oxygen atoms in total. The second kappa shape index (κ2) is 20.3. The zero-order chi connectivity index (χ0) is 28.0. The SMILES string of the molecule is CCCCCCCC/C=C/CCCCCCCC[N+](Cc1ccccc1)(Cc1ccccc1)Cc1ccccc1. The third-order valence-corrected chi connectivity index (χ3v) is 8.23. The highest BCUT2D eigenvalue weighted by atomic mass is 15.3. The van der Waals surface area contributed by atoms with Gasteiger partial charge in [0.05, 0.1) is 6.54 Å². The van der Waals surface area contributed by atoms with Crippen molar-refractivity contribution in [3.05, 3.63) is 120 Å². The van der Waals surface area contributed by atoms with Crippen LogP contribution < -0.4 is 0 Å². The van der Waals surface area contributed by atoms with Crippen molar-refractivity contribution in [1.82, 2.24) is 0 Å². The molecule has 3 aromatic carbocycles. The Bertz CT molecular complexity index is 907. The minimum atomic E-state index is 1.08. The summed E-state index contributed by atoms with van der Waals surface area (Å²) in [5, 5.41) is 0. The fourth-order valence-corrected chi connectivity index (χ4v) is 6.01. The lowest BCUT2D eigenvalue weighted by Gasteiger charge is -2.39. The van der Waals surface area contributed by atoms with E-state index < -0.39 is 0 Å². The van der Waals surface area contributed by atoms with Crippen molar-refractivity contribution >= 4 is 0 Å². The largest absolute Gasteiger partial charge is 0.312 e. The summed E-state index contributed by atoms with van der Waals surface area (Å²) in [7, 11) is 0. The topological polar surface area (TPSA) is 0 Å².